The van der Waals surface area contributed by atoms with Crippen molar-refractivity contribution in [1.29, 1.82) is 0 Å². The van der Waals surface area contributed by atoms with Gasteiger partial charge in [-0.15, -0.1) is 0 Å². The molecule has 142 valence electrons. The lowest BCUT2D eigenvalue weighted by atomic mass is 10.1. The molecule has 2 fully saturated rings. The smallest absolute Gasteiger partial charge is 0.228 e. The number of aryl methyl sites for hydroxylation is 1. The molecule has 0 radical (unpaired) electrons. The summed E-state index contributed by atoms with van der Waals surface area (Å²) in [5, 5.41) is 3.01. The Kier molecular flexibility index (Phi) is 4.87. The molecule has 1 saturated heterocycles. The lowest BCUT2D eigenvalue weighted by Crippen LogP contribution is -2.44. The molecule has 5 heteroatoms. The molecule has 1 heterocycles. The van der Waals surface area contributed by atoms with E-state index in [1.807, 2.05) is 18.2 Å². The monoisotopic (exact) mass is 367 g/mol. The Morgan fingerprint density at radius 2 is 1.85 bits per heavy atom. The van der Waals surface area contributed by atoms with Crippen LogP contribution < -0.4 is 10.2 Å². The average Bonchev–Trinajstić information content (AvgIpc) is 3.44. The minimum Gasteiger partial charge on any atom is -0.369 e. The van der Waals surface area contributed by atoms with Gasteiger partial charge in [0.25, 0.3) is 0 Å². The van der Waals surface area contributed by atoms with Crippen molar-refractivity contribution < 1.29 is 9.18 Å². The highest BCUT2D eigenvalue weighted by Crippen LogP contribution is 2.48. The van der Waals surface area contributed by atoms with Gasteiger partial charge in [0.2, 0.25) is 5.91 Å². The highest BCUT2D eigenvalue weighted by molar-refractivity contribution is 5.95. The molecule has 2 atom stereocenters. The number of nitrogens with zero attached hydrogens (tertiary/aromatic N) is 2. The van der Waals surface area contributed by atoms with E-state index in [2.05, 4.69) is 35.2 Å². The molecule has 27 heavy (non-hydrogen) atoms. The second kappa shape index (κ2) is 7.31. The largest absolute Gasteiger partial charge is 0.369 e. The zero-order chi connectivity index (χ0) is 19.0. The van der Waals surface area contributed by atoms with Crippen molar-refractivity contribution in [2.24, 2.45) is 5.92 Å². The van der Waals surface area contributed by atoms with E-state index in [-0.39, 0.29) is 23.6 Å². The third kappa shape index (κ3) is 3.83. The fraction of sp³-hybridized carbons (Fsp3) is 0.409. The van der Waals surface area contributed by atoms with Crippen molar-refractivity contribution in [1.82, 2.24) is 4.90 Å². The number of nitrogens with one attached hydrogen (secondary N) is 1. The summed E-state index contributed by atoms with van der Waals surface area (Å²) in [4.78, 5) is 17.3. The highest BCUT2D eigenvalue weighted by Gasteiger charge is 2.45. The number of amides is 1. The molecule has 4 rings (SSSR count). The molecule has 0 aromatic heterocycles. The maximum absolute atomic E-state index is 13.9. The van der Waals surface area contributed by atoms with Crippen LogP contribution in [0.15, 0.2) is 42.5 Å². The molecule has 1 amide bonds. The zero-order valence-corrected chi connectivity index (χ0v) is 15.9. The number of rotatable bonds is 4. The van der Waals surface area contributed by atoms with E-state index in [0.29, 0.717) is 12.0 Å². The van der Waals surface area contributed by atoms with Crippen molar-refractivity contribution in [3.63, 3.8) is 0 Å². The van der Waals surface area contributed by atoms with E-state index in [4.69, 9.17) is 0 Å². The van der Waals surface area contributed by atoms with Crippen molar-refractivity contribution in [3.8, 4) is 0 Å². The molecular formula is C22H26FN3O. The van der Waals surface area contributed by atoms with Gasteiger partial charge in [-0.2, -0.15) is 0 Å². The van der Waals surface area contributed by atoms with Crippen LogP contribution >= 0.6 is 0 Å². The molecule has 2 aromatic carbocycles. The molecule has 1 aliphatic carbocycles. The lowest BCUT2D eigenvalue weighted by Gasteiger charge is -2.35. The number of hydrogen-bond donors (Lipinski definition) is 1. The normalized spacial score (nSPS) is 22.6. The topological polar surface area (TPSA) is 35.6 Å². The number of halogens is 1. The van der Waals surface area contributed by atoms with Crippen LogP contribution in [0.4, 0.5) is 15.8 Å². The number of piperazine rings is 1. The summed E-state index contributed by atoms with van der Waals surface area (Å²) in [6.07, 6.45) is 0.713. The van der Waals surface area contributed by atoms with Crippen molar-refractivity contribution in [3.05, 3.63) is 59.4 Å². The second-order valence-corrected chi connectivity index (χ2v) is 7.75. The molecule has 2 aromatic rings. The number of likely N-dealkylation sites (N-methyl/N-ethyl adjacent to an activating group) is 1. The van der Waals surface area contributed by atoms with Crippen LogP contribution in [-0.4, -0.2) is 44.0 Å². The molecule has 1 aliphatic heterocycles. The molecular weight excluding hydrogens is 341 g/mol. The third-order valence-electron chi connectivity index (χ3n) is 5.74. The van der Waals surface area contributed by atoms with Crippen LogP contribution in [0.1, 0.15) is 23.5 Å². The van der Waals surface area contributed by atoms with Gasteiger partial charge in [-0.1, -0.05) is 18.2 Å². The minimum absolute atomic E-state index is 0.00286. The summed E-state index contributed by atoms with van der Waals surface area (Å²) >= 11 is 0. The van der Waals surface area contributed by atoms with E-state index in [0.717, 1.165) is 31.9 Å². The number of benzene rings is 2. The first-order valence-electron chi connectivity index (χ1n) is 9.62. The van der Waals surface area contributed by atoms with E-state index >= 15 is 0 Å². The van der Waals surface area contributed by atoms with E-state index in [1.165, 1.54) is 17.3 Å². The van der Waals surface area contributed by atoms with Gasteiger partial charge in [0.05, 0.1) is 0 Å². The SMILES string of the molecule is Cc1cc(NC(=O)C2CC2c2ccccc2F)ccc1N1CCN(C)CC1. The minimum atomic E-state index is -0.217. The number of hydrogen-bond acceptors (Lipinski definition) is 3. The van der Waals surface area contributed by atoms with Gasteiger partial charge >= 0.3 is 0 Å². The fourth-order valence-corrected chi connectivity index (χ4v) is 3.97. The Balaban J connectivity index is 1.39. The van der Waals surface area contributed by atoms with Crippen molar-refractivity contribution in [2.75, 3.05) is 43.4 Å². The van der Waals surface area contributed by atoms with Gasteiger partial charge < -0.3 is 15.1 Å². The van der Waals surface area contributed by atoms with Crippen molar-refractivity contribution >= 4 is 17.3 Å². The predicted octanol–water partition coefficient (Wildman–Crippen LogP) is 3.63. The number of carbonyl (C=O) groups is 1. The van der Waals surface area contributed by atoms with Gasteiger partial charge in [-0.05, 0) is 61.7 Å². The summed E-state index contributed by atoms with van der Waals surface area (Å²) in [5.41, 5.74) is 3.87. The first kappa shape index (κ1) is 18.0. The highest BCUT2D eigenvalue weighted by atomic mass is 19.1. The lowest BCUT2D eigenvalue weighted by molar-refractivity contribution is -0.117. The standard InChI is InChI=1S/C22H26FN3O/c1-15-13-16(7-8-21(15)26-11-9-25(2)10-12-26)24-22(27)19-14-18(19)17-5-3-4-6-20(17)23/h3-8,13,18-19H,9-12,14H2,1-2H3,(H,24,27). The Morgan fingerprint density at radius 3 is 2.56 bits per heavy atom. The number of carbonyl (C=O) groups excluding carboxylic acids is 1. The zero-order valence-electron chi connectivity index (χ0n) is 15.9. The van der Waals surface area contributed by atoms with Gasteiger partial charge in [-0.25, -0.2) is 4.39 Å². The van der Waals surface area contributed by atoms with Crippen LogP contribution in [0.25, 0.3) is 0 Å². The first-order chi connectivity index (χ1) is 13.0. The molecule has 0 spiro atoms. The van der Waals surface area contributed by atoms with Gasteiger partial charge in [0, 0.05) is 43.5 Å². The second-order valence-electron chi connectivity index (χ2n) is 7.75. The van der Waals surface area contributed by atoms with Crippen LogP contribution in [0.2, 0.25) is 0 Å². The maximum atomic E-state index is 13.9. The molecule has 2 aliphatic rings. The molecule has 1 saturated carbocycles. The Bertz CT molecular complexity index is 845. The molecule has 1 N–H and O–H groups in total. The van der Waals surface area contributed by atoms with E-state index < -0.39 is 0 Å². The number of anilines is 2. The van der Waals surface area contributed by atoms with Crippen LogP contribution in [0, 0.1) is 18.7 Å². The Hall–Kier alpha value is -2.40. The van der Waals surface area contributed by atoms with Crippen LogP contribution in [0.5, 0.6) is 0 Å². The summed E-state index contributed by atoms with van der Waals surface area (Å²) < 4.78 is 13.9. The first-order valence-corrected chi connectivity index (χ1v) is 9.62. The van der Waals surface area contributed by atoms with Crippen LogP contribution in [-0.2, 0) is 4.79 Å². The molecule has 0 bridgehead atoms. The summed E-state index contributed by atoms with van der Waals surface area (Å²) in [6, 6.07) is 12.8. The fourth-order valence-electron chi connectivity index (χ4n) is 3.97. The van der Waals surface area contributed by atoms with Gasteiger partial charge in [-0.3, -0.25) is 4.79 Å². The summed E-state index contributed by atoms with van der Waals surface area (Å²) in [6.45, 7) is 6.27. The molecule has 4 nitrogen and oxygen atoms in total. The average molecular weight is 367 g/mol. The van der Waals surface area contributed by atoms with E-state index in [9.17, 15) is 9.18 Å². The Morgan fingerprint density at radius 1 is 1.11 bits per heavy atom. The van der Waals surface area contributed by atoms with Gasteiger partial charge in [0.1, 0.15) is 5.82 Å². The van der Waals surface area contributed by atoms with Crippen LogP contribution in [0.3, 0.4) is 0 Å². The Labute approximate surface area is 160 Å². The van der Waals surface area contributed by atoms with Gasteiger partial charge in [0.15, 0.2) is 0 Å². The third-order valence-corrected chi connectivity index (χ3v) is 5.74. The summed E-state index contributed by atoms with van der Waals surface area (Å²) in [5.74, 6) is -0.378. The predicted molar refractivity (Wildman–Crippen MR) is 107 cm³/mol. The molecule has 2 unspecified atom stereocenters. The van der Waals surface area contributed by atoms with E-state index in [1.54, 1.807) is 12.1 Å². The van der Waals surface area contributed by atoms with Crippen molar-refractivity contribution in [2.45, 2.75) is 19.3 Å². The quantitative estimate of drug-likeness (QED) is 0.896. The summed E-state index contributed by atoms with van der Waals surface area (Å²) in [7, 11) is 2.15. The maximum Gasteiger partial charge on any atom is 0.228 e.